The van der Waals surface area contributed by atoms with Gasteiger partial charge in [-0.3, -0.25) is 24.1 Å². The van der Waals surface area contributed by atoms with Gasteiger partial charge in [0, 0.05) is 12.1 Å². The number of anilines is 1. The number of rotatable bonds is 5. The lowest BCUT2D eigenvalue weighted by atomic mass is 9.76. The van der Waals surface area contributed by atoms with E-state index in [1.165, 1.54) is 4.90 Å². The Kier molecular flexibility index (Phi) is 4.49. The molecule has 1 spiro atoms. The number of carbonyl (C=O) groups is 4. The number of primary amides is 1. The van der Waals surface area contributed by atoms with E-state index in [1.54, 1.807) is 5.32 Å². The van der Waals surface area contributed by atoms with Gasteiger partial charge in [-0.15, -0.1) is 0 Å². The molecule has 2 saturated heterocycles. The van der Waals surface area contributed by atoms with Gasteiger partial charge >= 0.3 is 0 Å². The lowest BCUT2D eigenvalue weighted by Gasteiger charge is -2.26. The molecule has 4 amide bonds. The van der Waals surface area contributed by atoms with Crippen molar-refractivity contribution in [1.82, 2.24) is 4.90 Å². The average Bonchev–Trinajstić information content (AvgIpc) is 3.22. The van der Waals surface area contributed by atoms with Crippen LogP contribution < -0.4 is 16.4 Å². The summed E-state index contributed by atoms with van der Waals surface area (Å²) in [6, 6.07) is 3.25. The summed E-state index contributed by atoms with van der Waals surface area (Å²) in [5.41, 5.74) is 7.59. The van der Waals surface area contributed by atoms with E-state index in [2.05, 4.69) is 5.32 Å². The number of fused-ring (bicyclic) bond motifs is 4. The van der Waals surface area contributed by atoms with Gasteiger partial charge in [-0.05, 0) is 37.5 Å². The third kappa shape index (κ3) is 2.55. The summed E-state index contributed by atoms with van der Waals surface area (Å²) in [4.78, 5) is 52.9. The maximum atomic E-state index is 13.4. The van der Waals surface area contributed by atoms with Crippen LogP contribution in [-0.2, 0) is 24.7 Å². The fraction of sp³-hybridized carbons (Fsp3) is 0.524. The van der Waals surface area contributed by atoms with Crippen LogP contribution >= 0.6 is 0 Å². The third-order valence-electron chi connectivity index (χ3n) is 6.84. The average molecular weight is 399 g/mol. The number of carbonyl (C=O) groups excluding carboxylic acids is 4. The summed E-state index contributed by atoms with van der Waals surface area (Å²) in [5.74, 6) is -3.03. The first-order valence-corrected chi connectivity index (χ1v) is 10.2. The van der Waals surface area contributed by atoms with Crippen LogP contribution in [0.1, 0.15) is 42.9 Å². The van der Waals surface area contributed by atoms with Crippen LogP contribution in [0, 0.1) is 25.7 Å². The predicted molar refractivity (Wildman–Crippen MR) is 104 cm³/mol. The van der Waals surface area contributed by atoms with Gasteiger partial charge in [0.15, 0.2) is 0 Å². The Labute approximate surface area is 169 Å². The number of aryl methyl sites for hydroxylation is 1. The summed E-state index contributed by atoms with van der Waals surface area (Å²) < 4.78 is 0. The van der Waals surface area contributed by atoms with Crippen LogP contribution in [0.25, 0.3) is 0 Å². The monoisotopic (exact) mass is 399 g/mol. The molecular weight excluding hydrogens is 372 g/mol. The zero-order valence-electron chi connectivity index (χ0n) is 17.0. The number of hydrogen-bond donors (Lipinski definition) is 3. The van der Waals surface area contributed by atoms with E-state index in [4.69, 9.17) is 5.73 Å². The van der Waals surface area contributed by atoms with E-state index >= 15 is 0 Å². The number of likely N-dealkylation sites (tertiary alicyclic amines) is 1. The zero-order valence-corrected chi connectivity index (χ0v) is 17.0. The summed E-state index contributed by atoms with van der Waals surface area (Å²) in [5, 5.41) is 4.70. The Morgan fingerprint density at radius 3 is 2.62 bits per heavy atom. The molecule has 29 heavy (non-hydrogen) atoms. The van der Waals surface area contributed by atoms with Crippen LogP contribution in [0.15, 0.2) is 12.1 Å². The van der Waals surface area contributed by atoms with Gasteiger partial charge < -0.3 is 16.4 Å². The molecule has 5 N–H and O–H groups in total. The number of quaternary nitrogens is 1. The SMILES string of the molecule is CCCCN1C(=O)[C@H]2[C@@H](C1=O)[C@@]1([NH2+][C@@H]2CC(N)=O)C(=O)Nc2c1ccc(C)c2C. The molecule has 1 aromatic rings. The number of nitrogens with zero attached hydrogens (tertiary/aromatic N) is 1. The topological polar surface area (TPSA) is 126 Å². The molecule has 0 saturated carbocycles. The fourth-order valence-corrected chi connectivity index (χ4v) is 5.30. The minimum atomic E-state index is -1.24. The molecule has 4 atom stereocenters. The largest absolute Gasteiger partial charge is 0.369 e. The Morgan fingerprint density at radius 2 is 1.97 bits per heavy atom. The van der Waals surface area contributed by atoms with E-state index in [1.807, 2.05) is 32.9 Å². The van der Waals surface area contributed by atoms with Crippen molar-refractivity contribution < 1.29 is 24.5 Å². The van der Waals surface area contributed by atoms with Gasteiger partial charge in [0.2, 0.25) is 23.3 Å². The van der Waals surface area contributed by atoms with Crippen molar-refractivity contribution in [3.63, 3.8) is 0 Å². The van der Waals surface area contributed by atoms with Crippen molar-refractivity contribution in [1.29, 1.82) is 0 Å². The van der Waals surface area contributed by atoms with Gasteiger partial charge in [-0.25, -0.2) is 0 Å². The molecular formula is C21H27N4O4+. The zero-order chi connectivity index (χ0) is 21.1. The quantitative estimate of drug-likeness (QED) is 0.586. The van der Waals surface area contributed by atoms with Gasteiger partial charge in [-0.2, -0.15) is 0 Å². The number of nitrogens with one attached hydrogen (secondary N) is 1. The smallest absolute Gasteiger partial charge is 0.291 e. The molecule has 154 valence electrons. The normalized spacial score (nSPS) is 30.1. The molecule has 8 heteroatoms. The minimum absolute atomic E-state index is 0.0585. The van der Waals surface area contributed by atoms with Gasteiger partial charge in [-0.1, -0.05) is 19.4 Å². The molecule has 0 bridgehead atoms. The highest BCUT2D eigenvalue weighted by Gasteiger charge is 2.74. The van der Waals surface area contributed by atoms with Crippen molar-refractivity contribution >= 4 is 29.3 Å². The molecule has 0 unspecified atom stereocenters. The summed E-state index contributed by atoms with van der Waals surface area (Å²) >= 11 is 0. The second-order valence-electron chi connectivity index (χ2n) is 8.44. The van der Waals surface area contributed by atoms with E-state index in [0.29, 0.717) is 24.2 Å². The van der Waals surface area contributed by atoms with Crippen LogP contribution in [-0.4, -0.2) is 41.1 Å². The summed E-state index contributed by atoms with van der Waals surface area (Å²) in [6.07, 6.45) is 1.49. The molecule has 3 aliphatic rings. The molecule has 3 heterocycles. The molecule has 4 rings (SSSR count). The summed E-state index contributed by atoms with van der Waals surface area (Å²) in [6.45, 7) is 6.21. The number of unbranched alkanes of at least 4 members (excludes halogenated alkanes) is 1. The fourth-order valence-electron chi connectivity index (χ4n) is 5.30. The standard InChI is InChI=1S/C21H26N4O4/c1-4-5-8-25-18(27)15-13(9-14(22)26)24-21(16(15)19(25)28)12-7-6-10(2)11(3)17(12)23-20(21)29/h6-7,13,15-16,24H,4-5,8-9H2,1-3H3,(H2,22,26)(H,23,29)/p+1/t13-,15-,16+,21-/m1/s1. The first-order chi connectivity index (χ1) is 13.7. The molecule has 0 aromatic heterocycles. The van der Waals surface area contributed by atoms with Crippen LogP contribution in [0.3, 0.4) is 0 Å². The highest BCUT2D eigenvalue weighted by atomic mass is 16.2. The Balaban J connectivity index is 1.86. The van der Waals surface area contributed by atoms with Crippen LogP contribution in [0.5, 0.6) is 0 Å². The maximum Gasteiger partial charge on any atom is 0.291 e. The first kappa shape index (κ1) is 19.6. The minimum Gasteiger partial charge on any atom is -0.369 e. The van der Waals surface area contributed by atoms with E-state index < -0.39 is 29.3 Å². The van der Waals surface area contributed by atoms with Crippen molar-refractivity contribution in [2.24, 2.45) is 17.6 Å². The van der Waals surface area contributed by atoms with Crippen molar-refractivity contribution in [3.05, 3.63) is 28.8 Å². The van der Waals surface area contributed by atoms with Crippen molar-refractivity contribution in [2.75, 3.05) is 11.9 Å². The van der Waals surface area contributed by atoms with Crippen molar-refractivity contribution in [3.8, 4) is 0 Å². The molecule has 0 radical (unpaired) electrons. The highest BCUT2D eigenvalue weighted by Crippen LogP contribution is 2.50. The molecule has 2 fully saturated rings. The van der Waals surface area contributed by atoms with Gasteiger partial charge in [0.1, 0.15) is 17.9 Å². The summed E-state index contributed by atoms with van der Waals surface area (Å²) in [7, 11) is 0. The second-order valence-corrected chi connectivity index (χ2v) is 8.44. The molecule has 3 aliphatic heterocycles. The van der Waals surface area contributed by atoms with Crippen LogP contribution in [0.2, 0.25) is 0 Å². The molecule has 1 aromatic carbocycles. The van der Waals surface area contributed by atoms with Gasteiger partial charge in [0.05, 0.1) is 12.1 Å². The first-order valence-electron chi connectivity index (χ1n) is 10.2. The number of imide groups is 1. The third-order valence-corrected chi connectivity index (χ3v) is 6.84. The number of amides is 4. The second kappa shape index (κ2) is 6.66. The lowest BCUT2D eigenvalue weighted by molar-refractivity contribution is -0.732. The predicted octanol–water partition coefficient (Wildman–Crippen LogP) is -0.327. The van der Waals surface area contributed by atoms with Crippen molar-refractivity contribution in [2.45, 2.75) is 51.6 Å². The van der Waals surface area contributed by atoms with E-state index in [9.17, 15) is 19.2 Å². The van der Waals surface area contributed by atoms with Gasteiger partial charge in [0.25, 0.3) is 5.91 Å². The Bertz CT molecular complexity index is 943. The maximum absolute atomic E-state index is 13.4. The van der Waals surface area contributed by atoms with E-state index in [-0.39, 0.29) is 24.1 Å². The molecule has 0 aliphatic carbocycles. The Hall–Kier alpha value is -2.74. The Morgan fingerprint density at radius 1 is 1.24 bits per heavy atom. The van der Waals surface area contributed by atoms with Crippen LogP contribution in [0.4, 0.5) is 5.69 Å². The number of nitrogens with two attached hydrogens (primary N) is 2. The molecule has 8 nitrogen and oxygen atoms in total. The van der Waals surface area contributed by atoms with E-state index in [0.717, 1.165) is 17.5 Å². The number of benzene rings is 1. The highest BCUT2D eigenvalue weighted by molar-refractivity contribution is 6.14. The number of hydrogen-bond acceptors (Lipinski definition) is 4. The lowest BCUT2D eigenvalue weighted by Crippen LogP contribution is -2.99.